The fourth-order valence-corrected chi connectivity index (χ4v) is 0. The standard InChI is InChI=1S/2CH5N.ClO3.NO3/c2*1-2;2*2-1(3)4/h2*2H2,1H3;;/q;;2*-1/p+2. The molecule has 0 fully saturated rings. The molecular weight excluding hydrogens is 197 g/mol. The predicted molar refractivity (Wildman–Crippen MR) is 28.0 cm³/mol. The largest absolute Gasteiger partial charge is 0.360 e. The summed E-state index contributed by atoms with van der Waals surface area (Å²) in [5.41, 5.74) is 6.50. The molecule has 0 saturated carbocycles. The lowest BCUT2D eigenvalue weighted by atomic mass is 11.6. The van der Waals surface area contributed by atoms with Gasteiger partial charge < -0.3 is 40.8 Å². The van der Waals surface area contributed by atoms with Gasteiger partial charge in [0.1, 0.15) is 0 Å². The van der Waals surface area contributed by atoms with Crippen LogP contribution in [0.25, 0.3) is 0 Å². The second kappa shape index (κ2) is 31.7. The zero-order valence-corrected chi connectivity index (χ0v) is 7.44. The third-order valence-corrected chi connectivity index (χ3v) is 0. The van der Waals surface area contributed by atoms with Crippen molar-refractivity contribution in [3.8, 4) is 0 Å². The Morgan fingerprint density at radius 2 is 1.00 bits per heavy atom. The highest BCUT2D eigenvalue weighted by Gasteiger charge is 1.60. The topological polar surface area (TPSA) is 191 Å². The minimum atomic E-state index is -2.85. The first-order valence-electron chi connectivity index (χ1n) is 2.42. The number of nitrogens with zero attached hydrogens (tertiary/aromatic N) is 1. The normalized spacial score (nSPS) is 6.00. The quantitative estimate of drug-likeness (QED) is 0.294. The molecule has 78 valence electrons. The maximum absolute atomic E-state index is 8.41. The Labute approximate surface area is 71.7 Å². The van der Waals surface area contributed by atoms with Crippen LogP contribution in [0.1, 0.15) is 0 Å². The lowest BCUT2D eigenvalue weighted by molar-refractivity contribution is -1.73. The molecule has 0 aliphatic carbocycles. The molecule has 0 amide bonds. The molecule has 12 heavy (non-hydrogen) atoms. The van der Waals surface area contributed by atoms with Crippen molar-refractivity contribution in [1.29, 1.82) is 0 Å². The zero-order chi connectivity index (χ0) is 11.2. The van der Waals surface area contributed by atoms with Gasteiger partial charge in [-0.05, 0) is 0 Å². The van der Waals surface area contributed by atoms with E-state index in [2.05, 4.69) is 11.5 Å². The van der Waals surface area contributed by atoms with Crippen LogP contribution in [0.4, 0.5) is 0 Å². The van der Waals surface area contributed by atoms with Gasteiger partial charge in [-0.2, -0.15) is 0 Å². The van der Waals surface area contributed by atoms with Gasteiger partial charge in [0.05, 0.1) is 30.0 Å². The Morgan fingerprint density at radius 1 is 1.00 bits per heavy atom. The maximum Gasteiger partial charge on any atom is 0.0695 e. The Hall–Kier alpha value is -0.710. The molecule has 0 rings (SSSR count). The van der Waals surface area contributed by atoms with E-state index in [1.807, 2.05) is 0 Å². The molecule has 0 unspecified atom stereocenters. The second-order valence-corrected chi connectivity index (χ2v) is 0.791. The molecule has 0 bridgehead atoms. The van der Waals surface area contributed by atoms with Gasteiger partial charge in [-0.3, -0.25) is 0 Å². The van der Waals surface area contributed by atoms with E-state index in [1.165, 1.54) is 0 Å². The van der Waals surface area contributed by atoms with Gasteiger partial charge in [-0.1, -0.05) is 0 Å². The van der Waals surface area contributed by atoms with Crippen LogP contribution in [0.3, 0.4) is 0 Å². The summed E-state index contributed by atoms with van der Waals surface area (Å²) >= 11 is 0. The van der Waals surface area contributed by atoms with Crippen LogP contribution in [0.2, 0.25) is 0 Å². The van der Waals surface area contributed by atoms with Crippen molar-refractivity contribution in [3.05, 3.63) is 15.3 Å². The first-order valence-corrected chi connectivity index (χ1v) is 3.35. The average molecular weight is 210 g/mol. The molecule has 0 aromatic heterocycles. The monoisotopic (exact) mass is 209 g/mol. The second-order valence-electron chi connectivity index (χ2n) is 0.413. The summed E-state index contributed by atoms with van der Waals surface area (Å²) in [4.78, 5) is 8.25. The zero-order valence-electron chi connectivity index (χ0n) is 6.69. The number of halogens is 1. The molecule has 0 radical (unpaired) electrons. The van der Waals surface area contributed by atoms with Crippen molar-refractivity contribution in [2.24, 2.45) is 0 Å². The van der Waals surface area contributed by atoms with E-state index in [0.717, 1.165) is 0 Å². The van der Waals surface area contributed by atoms with Crippen LogP contribution in [0.5, 0.6) is 0 Å². The van der Waals surface area contributed by atoms with Crippen molar-refractivity contribution >= 4 is 0 Å². The Balaban J connectivity index is -0.0000000380. The van der Waals surface area contributed by atoms with Crippen LogP contribution in [0.15, 0.2) is 0 Å². The summed E-state index contributed by atoms with van der Waals surface area (Å²) in [7, 11) is 0.648. The van der Waals surface area contributed by atoms with Gasteiger partial charge in [0, 0.05) is 0 Å². The fourth-order valence-electron chi connectivity index (χ4n) is 0. The third kappa shape index (κ3) is 1270. The van der Waals surface area contributed by atoms with Gasteiger partial charge in [-0.25, -0.2) is 0 Å². The molecule has 10 heteroatoms. The molecule has 0 spiro atoms. The van der Waals surface area contributed by atoms with E-state index < -0.39 is 15.9 Å². The Kier molecular flexibility index (Phi) is 59.5. The summed E-state index contributed by atoms with van der Waals surface area (Å²) in [6, 6.07) is 0. The first kappa shape index (κ1) is 22.5. The number of hydrogen-bond donors (Lipinski definition) is 2. The SMILES string of the molecule is C[NH3+].C[NH3+].O=[N+]([O-])[O-].[O-][Cl+2]([O-])[O-]. The molecule has 0 aromatic rings. The van der Waals surface area contributed by atoms with E-state index in [4.69, 9.17) is 29.3 Å². The van der Waals surface area contributed by atoms with E-state index in [9.17, 15) is 0 Å². The molecule has 0 saturated heterocycles. The van der Waals surface area contributed by atoms with E-state index in [0.29, 0.717) is 0 Å². The predicted octanol–water partition coefficient (Wildman–Crippen LogP) is -6.09. The summed E-state index contributed by atoms with van der Waals surface area (Å²) in [5.74, 6) is 0. The average Bonchev–Trinajstić information content (AvgIpc) is 1.93. The minimum Gasteiger partial charge on any atom is -0.360 e. The third-order valence-electron chi connectivity index (χ3n) is 0. The fraction of sp³-hybridized carbons (Fsp3) is 1.00. The van der Waals surface area contributed by atoms with E-state index >= 15 is 0 Å². The minimum absolute atomic E-state index is 1.75. The lowest BCUT2D eigenvalue weighted by Gasteiger charge is -1.89. The lowest BCUT2D eigenvalue weighted by Crippen LogP contribution is -2.42. The van der Waals surface area contributed by atoms with Gasteiger partial charge in [0.25, 0.3) is 0 Å². The highest BCUT2D eigenvalue weighted by Crippen LogP contribution is 1.44. The summed E-state index contributed by atoms with van der Waals surface area (Å²) < 4.78 is 25.2. The molecule has 0 heterocycles. The molecule has 6 N–H and O–H groups in total. The van der Waals surface area contributed by atoms with E-state index in [1.54, 1.807) is 14.1 Å². The van der Waals surface area contributed by atoms with Crippen molar-refractivity contribution in [1.82, 2.24) is 0 Å². The van der Waals surface area contributed by atoms with Crippen molar-refractivity contribution in [2.45, 2.75) is 0 Å². The smallest absolute Gasteiger partial charge is 0.0695 e. The molecule has 0 aliphatic heterocycles. The number of rotatable bonds is 0. The van der Waals surface area contributed by atoms with Gasteiger partial charge in [0.2, 0.25) is 0 Å². The Morgan fingerprint density at radius 3 is 1.00 bits per heavy atom. The van der Waals surface area contributed by atoms with Gasteiger partial charge in [0.15, 0.2) is 0 Å². The van der Waals surface area contributed by atoms with Crippen LogP contribution < -0.4 is 25.4 Å². The molecule has 0 aromatic carbocycles. The van der Waals surface area contributed by atoms with Crippen LogP contribution in [-0.4, -0.2) is 19.2 Å². The Bertz CT molecular complexity index is 65.1. The van der Waals surface area contributed by atoms with E-state index in [-0.39, 0.29) is 0 Å². The van der Waals surface area contributed by atoms with Crippen molar-refractivity contribution in [3.63, 3.8) is 0 Å². The molecular formula is C2H12ClN3O6. The van der Waals surface area contributed by atoms with Gasteiger partial charge >= 0.3 is 0 Å². The van der Waals surface area contributed by atoms with Crippen LogP contribution >= 0.6 is 0 Å². The van der Waals surface area contributed by atoms with Gasteiger partial charge in [-0.15, -0.1) is 0 Å². The summed E-state index contributed by atoms with van der Waals surface area (Å²) in [6.45, 7) is 0. The summed E-state index contributed by atoms with van der Waals surface area (Å²) in [6.07, 6.45) is 0. The van der Waals surface area contributed by atoms with Crippen molar-refractivity contribution < 1.29 is 41.3 Å². The number of hydrogen-bond acceptors (Lipinski definition) is 6. The molecule has 0 atom stereocenters. The summed E-state index contributed by atoms with van der Waals surface area (Å²) in [5, 5.41) is 14.8. The molecule has 9 nitrogen and oxygen atoms in total. The number of quaternary nitrogens is 2. The first-order chi connectivity index (χ1) is 5.46. The molecule has 0 aliphatic rings. The van der Waals surface area contributed by atoms with Crippen molar-refractivity contribution in [2.75, 3.05) is 14.1 Å². The highest BCUT2D eigenvalue weighted by atomic mass is 35.6. The van der Waals surface area contributed by atoms with Crippen LogP contribution in [0, 0.1) is 26.1 Å². The maximum atomic E-state index is 8.41. The highest BCUT2D eigenvalue weighted by molar-refractivity contribution is 4.03. The van der Waals surface area contributed by atoms with Crippen LogP contribution in [-0.2, 0) is 0 Å².